The van der Waals surface area contributed by atoms with E-state index in [1.807, 2.05) is 0 Å². The molecule has 1 atom stereocenters. The Hall–Kier alpha value is -1.92. The van der Waals surface area contributed by atoms with E-state index in [0.29, 0.717) is 17.5 Å². The van der Waals surface area contributed by atoms with E-state index >= 15 is 0 Å². The average molecular weight is 267 g/mol. The van der Waals surface area contributed by atoms with Gasteiger partial charge in [0.15, 0.2) is 0 Å². The summed E-state index contributed by atoms with van der Waals surface area (Å²) in [6, 6.07) is 4.02. The topological polar surface area (TPSA) is 121 Å². The van der Waals surface area contributed by atoms with Crippen LogP contribution < -0.4 is 5.73 Å². The fraction of sp³-hybridized carbons (Fsp3) is 0.385. The molecular formula is C13H17NO5. The number of carbonyl (C=O) groups is 2. The fourth-order valence-corrected chi connectivity index (χ4v) is 1.78. The highest BCUT2D eigenvalue weighted by Crippen LogP contribution is 2.16. The number of hydrogen-bond donors (Lipinski definition) is 4. The van der Waals surface area contributed by atoms with Gasteiger partial charge in [-0.15, -0.1) is 0 Å². The largest absolute Gasteiger partial charge is 0.481 e. The van der Waals surface area contributed by atoms with Crippen LogP contribution in [0, 0.1) is 0 Å². The Balaban J connectivity index is 2.94. The molecule has 1 aromatic rings. The Morgan fingerprint density at radius 3 is 2.42 bits per heavy atom. The lowest BCUT2D eigenvalue weighted by Crippen LogP contribution is -2.32. The second-order valence-electron chi connectivity index (χ2n) is 4.30. The first-order chi connectivity index (χ1) is 8.93. The first-order valence-electron chi connectivity index (χ1n) is 5.85. The lowest BCUT2D eigenvalue weighted by atomic mass is 9.95. The summed E-state index contributed by atoms with van der Waals surface area (Å²) in [6.45, 7) is -0.158. The van der Waals surface area contributed by atoms with Gasteiger partial charge in [-0.25, -0.2) is 0 Å². The van der Waals surface area contributed by atoms with Gasteiger partial charge in [-0.3, -0.25) is 9.59 Å². The van der Waals surface area contributed by atoms with Gasteiger partial charge < -0.3 is 21.1 Å². The minimum atomic E-state index is -1.11. The molecular weight excluding hydrogens is 250 g/mol. The third-order valence-electron chi connectivity index (χ3n) is 2.82. The van der Waals surface area contributed by atoms with Crippen LogP contribution in [0.5, 0.6) is 0 Å². The zero-order valence-electron chi connectivity index (χ0n) is 10.4. The predicted molar refractivity (Wildman–Crippen MR) is 67.6 cm³/mol. The van der Waals surface area contributed by atoms with Crippen LogP contribution in [0.4, 0.5) is 0 Å². The lowest BCUT2D eigenvalue weighted by molar-refractivity contribution is -0.139. The molecule has 0 aliphatic rings. The third kappa shape index (κ3) is 4.69. The van der Waals surface area contributed by atoms with Crippen molar-refractivity contribution in [2.75, 3.05) is 0 Å². The van der Waals surface area contributed by atoms with Gasteiger partial charge in [0, 0.05) is 6.42 Å². The molecule has 6 nitrogen and oxygen atoms in total. The number of aliphatic carboxylic acids is 2. The second kappa shape index (κ2) is 6.86. The molecule has 0 radical (unpaired) electrons. The van der Waals surface area contributed by atoms with E-state index in [1.165, 1.54) is 0 Å². The minimum absolute atomic E-state index is 0.0339. The Bertz CT molecular complexity index is 472. The normalized spacial score (nSPS) is 12.1. The summed E-state index contributed by atoms with van der Waals surface area (Å²) in [7, 11) is 0. The summed E-state index contributed by atoms with van der Waals surface area (Å²) in [6.07, 6.45) is 0.384. The summed E-state index contributed by atoms with van der Waals surface area (Å²) in [4.78, 5) is 21.3. The minimum Gasteiger partial charge on any atom is -0.481 e. The van der Waals surface area contributed by atoms with E-state index in [-0.39, 0.29) is 19.4 Å². The van der Waals surface area contributed by atoms with E-state index in [9.17, 15) is 9.59 Å². The summed E-state index contributed by atoms with van der Waals surface area (Å²) in [5, 5.41) is 26.6. The number of nitrogens with two attached hydrogens (primary N) is 1. The summed E-state index contributed by atoms with van der Waals surface area (Å²) < 4.78 is 0. The van der Waals surface area contributed by atoms with Crippen molar-refractivity contribution >= 4 is 11.9 Å². The molecule has 0 aliphatic carbocycles. The maximum Gasteiger partial charge on any atom is 0.320 e. The number of rotatable bonds is 7. The van der Waals surface area contributed by atoms with E-state index in [0.717, 1.165) is 5.56 Å². The molecule has 0 aromatic heterocycles. The predicted octanol–water partition coefficient (Wildman–Crippen LogP) is 0.150. The van der Waals surface area contributed by atoms with Crippen LogP contribution in [-0.2, 0) is 29.0 Å². The molecule has 0 unspecified atom stereocenters. The van der Waals surface area contributed by atoms with Gasteiger partial charge in [0.05, 0.1) is 6.61 Å². The molecule has 104 valence electrons. The summed E-state index contributed by atoms with van der Waals surface area (Å²) in [5.41, 5.74) is 7.55. The Morgan fingerprint density at radius 2 is 1.89 bits per heavy atom. The van der Waals surface area contributed by atoms with Gasteiger partial charge in [0.2, 0.25) is 0 Å². The van der Waals surface area contributed by atoms with Gasteiger partial charge in [0.1, 0.15) is 6.04 Å². The van der Waals surface area contributed by atoms with E-state index in [4.69, 9.17) is 21.1 Å². The van der Waals surface area contributed by atoms with Gasteiger partial charge in [-0.1, -0.05) is 18.2 Å². The highest BCUT2D eigenvalue weighted by molar-refractivity contribution is 5.73. The second-order valence-corrected chi connectivity index (χ2v) is 4.30. The number of carboxylic acids is 2. The molecule has 0 amide bonds. The van der Waals surface area contributed by atoms with Crippen molar-refractivity contribution in [2.24, 2.45) is 5.73 Å². The number of aliphatic hydroxyl groups is 1. The molecule has 19 heavy (non-hydrogen) atoms. The smallest absolute Gasteiger partial charge is 0.320 e. The molecule has 0 spiro atoms. The Morgan fingerprint density at radius 1 is 1.21 bits per heavy atom. The van der Waals surface area contributed by atoms with E-state index in [1.54, 1.807) is 18.2 Å². The van der Waals surface area contributed by atoms with Crippen LogP contribution in [0.25, 0.3) is 0 Å². The SMILES string of the molecule is N[C@H](Cc1cc(CO)ccc1CCC(=O)O)C(=O)O. The van der Waals surface area contributed by atoms with Crippen LogP contribution in [0.3, 0.4) is 0 Å². The van der Waals surface area contributed by atoms with Crippen LogP contribution >= 0.6 is 0 Å². The average Bonchev–Trinajstić information content (AvgIpc) is 2.36. The maximum atomic E-state index is 10.8. The molecule has 5 N–H and O–H groups in total. The number of aliphatic hydroxyl groups excluding tert-OH is 1. The first kappa shape index (κ1) is 15.1. The fourth-order valence-electron chi connectivity index (χ4n) is 1.78. The number of hydrogen-bond acceptors (Lipinski definition) is 4. The van der Waals surface area contributed by atoms with Crippen molar-refractivity contribution in [3.63, 3.8) is 0 Å². The van der Waals surface area contributed by atoms with Gasteiger partial charge in [0.25, 0.3) is 0 Å². The van der Waals surface area contributed by atoms with Crippen molar-refractivity contribution in [3.8, 4) is 0 Å². The van der Waals surface area contributed by atoms with Gasteiger partial charge >= 0.3 is 11.9 Å². The lowest BCUT2D eigenvalue weighted by Gasteiger charge is -2.13. The zero-order chi connectivity index (χ0) is 14.4. The Labute approximate surface area is 110 Å². The highest BCUT2D eigenvalue weighted by Gasteiger charge is 2.15. The van der Waals surface area contributed by atoms with Crippen molar-refractivity contribution < 1.29 is 24.9 Å². The zero-order valence-corrected chi connectivity index (χ0v) is 10.4. The molecule has 0 saturated heterocycles. The number of benzene rings is 1. The summed E-state index contributed by atoms with van der Waals surface area (Å²) >= 11 is 0. The van der Waals surface area contributed by atoms with Crippen LogP contribution in [0.2, 0.25) is 0 Å². The molecule has 0 bridgehead atoms. The first-order valence-corrected chi connectivity index (χ1v) is 5.85. The quantitative estimate of drug-likeness (QED) is 0.558. The van der Waals surface area contributed by atoms with Crippen LogP contribution in [-0.4, -0.2) is 33.3 Å². The van der Waals surface area contributed by atoms with Crippen LogP contribution in [0.15, 0.2) is 18.2 Å². The highest BCUT2D eigenvalue weighted by atomic mass is 16.4. The molecule has 0 fully saturated rings. The maximum absolute atomic E-state index is 10.8. The van der Waals surface area contributed by atoms with E-state index < -0.39 is 18.0 Å². The van der Waals surface area contributed by atoms with Crippen LogP contribution in [0.1, 0.15) is 23.1 Å². The molecule has 1 aromatic carbocycles. The molecule has 0 heterocycles. The summed E-state index contributed by atoms with van der Waals surface area (Å²) in [5.74, 6) is -2.03. The van der Waals surface area contributed by atoms with Crippen molar-refractivity contribution in [1.29, 1.82) is 0 Å². The van der Waals surface area contributed by atoms with Crippen molar-refractivity contribution in [2.45, 2.75) is 31.9 Å². The van der Waals surface area contributed by atoms with Crippen molar-refractivity contribution in [3.05, 3.63) is 34.9 Å². The number of aryl methyl sites for hydroxylation is 1. The molecule has 0 aliphatic heterocycles. The van der Waals surface area contributed by atoms with Gasteiger partial charge in [-0.05, 0) is 29.5 Å². The molecule has 1 rings (SSSR count). The monoisotopic (exact) mass is 267 g/mol. The van der Waals surface area contributed by atoms with E-state index in [2.05, 4.69) is 0 Å². The third-order valence-corrected chi connectivity index (χ3v) is 2.82. The molecule has 6 heteroatoms. The van der Waals surface area contributed by atoms with Crippen molar-refractivity contribution in [1.82, 2.24) is 0 Å². The Kier molecular flexibility index (Phi) is 5.47. The number of carboxylic acid groups (broad SMARTS) is 2. The standard InChI is InChI=1S/C13H17NO5/c14-11(13(18)19)6-10-5-8(7-15)1-2-9(10)3-4-12(16)17/h1-2,5,11,15H,3-4,6-7,14H2,(H,16,17)(H,18,19)/t11-/m1/s1. The molecule has 0 saturated carbocycles. The van der Waals surface area contributed by atoms with Gasteiger partial charge in [-0.2, -0.15) is 0 Å².